The van der Waals surface area contributed by atoms with E-state index < -0.39 is 27.8 Å². The summed E-state index contributed by atoms with van der Waals surface area (Å²) in [4.78, 5) is 27.7. The highest BCUT2D eigenvalue weighted by atomic mass is 32.2. The van der Waals surface area contributed by atoms with Crippen LogP contribution in [0.25, 0.3) is 0 Å². The number of alkyl halides is 3. The van der Waals surface area contributed by atoms with Crippen molar-refractivity contribution in [3.63, 3.8) is 0 Å². The zero-order valence-electron chi connectivity index (χ0n) is 22.2. The minimum atomic E-state index is -4.62. The Labute approximate surface area is 223 Å². The summed E-state index contributed by atoms with van der Waals surface area (Å²) in [6.07, 6.45) is -2.82. The number of halogens is 3. The van der Waals surface area contributed by atoms with E-state index in [1.165, 1.54) is 11.0 Å². The number of sulfonamides is 1. The summed E-state index contributed by atoms with van der Waals surface area (Å²) in [6.45, 7) is 5.57. The van der Waals surface area contributed by atoms with Gasteiger partial charge in [0.15, 0.2) is 0 Å². The molecule has 0 saturated heterocycles. The Morgan fingerprint density at radius 1 is 1.00 bits per heavy atom. The van der Waals surface area contributed by atoms with E-state index in [9.17, 15) is 31.2 Å². The summed E-state index contributed by atoms with van der Waals surface area (Å²) >= 11 is 0. The molecule has 0 heterocycles. The van der Waals surface area contributed by atoms with Gasteiger partial charge in [0.1, 0.15) is 6.04 Å². The third kappa shape index (κ3) is 9.34. The van der Waals surface area contributed by atoms with E-state index >= 15 is 0 Å². The van der Waals surface area contributed by atoms with Gasteiger partial charge in [-0.25, -0.2) is 8.42 Å². The predicted molar refractivity (Wildman–Crippen MR) is 142 cm³/mol. The fourth-order valence-electron chi connectivity index (χ4n) is 4.12. The molecule has 2 amide bonds. The Morgan fingerprint density at radius 2 is 1.66 bits per heavy atom. The number of benzene rings is 2. The molecule has 0 saturated carbocycles. The summed E-state index contributed by atoms with van der Waals surface area (Å²) in [5.74, 6) is -0.602. The van der Waals surface area contributed by atoms with E-state index in [1.807, 2.05) is 51.1 Å². The van der Waals surface area contributed by atoms with E-state index in [0.717, 1.165) is 34.3 Å². The number of anilines is 1. The number of rotatable bonds is 13. The Kier molecular flexibility index (Phi) is 11.2. The van der Waals surface area contributed by atoms with Gasteiger partial charge in [-0.2, -0.15) is 13.2 Å². The number of hydrogen-bond acceptors (Lipinski definition) is 4. The van der Waals surface area contributed by atoms with Gasteiger partial charge in [-0.15, -0.1) is 0 Å². The first-order valence-corrected chi connectivity index (χ1v) is 14.4. The second-order valence-corrected chi connectivity index (χ2v) is 11.3. The van der Waals surface area contributed by atoms with Gasteiger partial charge in [0.2, 0.25) is 21.8 Å². The normalized spacial score (nSPS) is 12.7. The lowest BCUT2D eigenvalue weighted by atomic mass is 10.1. The van der Waals surface area contributed by atoms with E-state index in [4.69, 9.17) is 0 Å². The molecule has 1 N–H and O–H groups in total. The van der Waals surface area contributed by atoms with Crippen LogP contribution in [-0.2, 0) is 32.2 Å². The highest BCUT2D eigenvalue weighted by molar-refractivity contribution is 7.92. The van der Waals surface area contributed by atoms with Gasteiger partial charge in [-0.05, 0) is 56.9 Å². The Balaban J connectivity index is 2.20. The minimum absolute atomic E-state index is 0.0617. The van der Waals surface area contributed by atoms with Crippen LogP contribution >= 0.6 is 0 Å². The number of amides is 2. The van der Waals surface area contributed by atoms with Crippen molar-refractivity contribution in [1.82, 2.24) is 10.2 Å². The average molecular weight is 556 g/mol. The van der Waals surface area contributed by atoms with Gasteiger partial charge < -0.3 is 10.2 Å². The molecule has 0 spiro atoms. The highest BCUT2D eigenvalue weighted by Gasteiger charge is 2.32. The Morgan fingerprint density at radius 3 is 2.21 bits per heavy atom. The van der Waals surface area contributed by atoms with E-state index in [1.54, 1.807) is 0 Å². The molecular formula is C27H36F3N3O4S. The fraction of sp³-hybridized carbons (Fsp3) is 0.481. The molecule has 2 aromatic carbocycles. The average Bonchev–Trinajstić information content (AvgIpc) is 2.83. The molecule has 11 heteroatoms. The zero-order valence-corrected chi connectivity index (χ0v) is 23.0. The lowest BCUT2D eigenvalue weighted by Crippen LogP contribution is -2.51. The van der Waals surface area contributed by atoms with Crippen LogP contribution in [0.15, 0.2) is 54.6 Å². The van der Waals surface area contributed by atoms with Crippen LogP contribution in [-0.4, -0.2) is 56.6 Å². The molecule has 0 aliphatic carbocycles. The van der Waals surface area contributed by atoms with Crippen LogP contribution in [0.3, 0.4) is 0 Å². The molecule has 0 aliphatic heterocycles. The van der Waals surface area contributed by atoms with E-state index in [0.29, 0.717) is 12.8 Å². The molecule has 0 aromatic heterocycles. The summed E-state index contributed by atoms with van der Waals surface area (Å²) in [5, 5.41) is 2.85. The van der Waals surface area contributed by atoms with Crippen molar-refractivity contribution in [3.8, 4) is 0 Å². The molecule has 210 valence electrons. The SMILES string of the molecule is CCC(C(=O)NC(C)C)N(CCc1ccccc1)C(=O)CCCN(c1cccc(C(F)(F)F)c1)S(C)(=O)=O. The third-order valence-electron chi connectivity index (χ3n) is 5.91. The lowest BCUT2D eigenvalue weighted by Gasteiger charge is -2.31. The molecule has 7 nitrogen and oxygen atoms in total. The van der Waals surface area contributed by atoms with Crippen LogP contribution in [0.5, 0.6) is 0 Å². The molecular weight excluding hydrogens is 519 g/mol. The van der Waals surface area contributed by atoms with Crippen LogP contribution in [0, 0.1) is 0 Å². The minimum Gasteiger partial charge on any atom is -0.352 e. The molecule has 0 fully saturated rings. The van der Waals surface area contributed by atoms with Crippen LogP contribution in [0.1, 0.15) is 51.2 Å². The summed E-state index contributed by atoms with van der Waals surface area (Å²) in [6, 6.07) is 12.8. The van der Waals surface area contributed by atoms with E-state index in [-0.39, 0.29) is 49.5 Å². The standard InChI is InChI=1S/C27H36F3N3O4S/c1-5-24(26(35)31-20(2)3)32(18-16-21-11-7-6-8-12-21)25(34)15-10-17-33(38(4,36)37)23-14-9-13-22(19-23)27(28,29)30/h6-9,11-14,19-20,24H,5,10,15-18H2,1-4H3,(H,31,35). The quantitative estimate of drug-likeness (QED) is 0.391. The molecule has 0 radical (unpaired) electrons. The van der Waals surface area contributed by atoms with Gasteiger partial charge in [-0.1, -0.05) is 43.3 Å². The molecule has 1 atom stereocenters. The first-order chi connectivity index (χ1) is 17.7. The molecule has 0 aliphatic rings. The lowest BCUT2D eigenvalue weighted by molar-refractivity contribution is -0.141. The van der Waals surface area contributed by atoms with Gasteiger partial charge in [0.25, 0.3) is 0 Å². The Bertz CT molecular complexity index is 1170. The molecule has 38 heavy (non-hydrogen) atoms. The maximum atomic E-state index is 13.3. The van der Waals surface area contributed by atoms with Crippen LogP contribution in [0.4, 0.5) is 18.9 Å². The summed E-state index contributed by atoms with van der Waals surface area (Å²) < 4.78 is 65.2. The van der Waals surface area contributed by atoms with Crippen LogP contribution in [0.2, 0.25) is 0 Å². The van der Waals surface area contributed by atoms with Gasteiger partial charge in [0.05, 0.1) is 17.5 Å². The first kappa shape index (κ1) is 31.1. The van der Waals surface area contributed by atoms with Crippen molar-refractivity contribution < 1.29 is 31.2 Å². The van der Waals surface area contributed by atoms with Crippen molar-refractivity contribution >= 4 is 27.5 Å². The van der Waals surface area contributed by atoms with Gasteiger partial charge in [-0.3, -0.25) is 13.9 Å². The Hall–Kier alpha value is -3.08. The van der Waals surface area contributed by atoms with Crippen molar-refractivity contribution in [2.24, 2.45) is 0 Å². The second kappa shape index (κ2) is 13.6. The van der Waals surface area contributed by atoms with E-state index in [2.05, 4.69) is 5.32 Å². The van der Waals surface area contributed by atoms with Crippen LogP contribution < -0.4 is 9.62 Å². The van der Waals surface area contributed by atoms with Gasteiger partial charge >= 0.3 is 6.18 Å². The first-order valence-electron chi connectivity index (χ1n) is 12.5. The number of carbonyl (C=O) groups excluding carboxylic acids is 2. The maximum absolute atomic E-state index is 13.3. The topological polar surface area (TPSA) is 86.8 Å². The number of nitrogens with zero attached hydrogens (tertiary/aromatic N) is 2. The maximum Gasteiger partial charge on any atom is 0.416 e. The monoisotopic (exact) mass is 555 g/mol. The highest BCUT2D eigenvalue weighted by Crippen LogP contribution is 2.32. The molecule has 0 bridgehead atoms. The summed E-state index contributed by atoms with van der Waals surface area (Å²) in [7, 11) is -3.92. The fourth-order valence-corrected chi connectivity index (χ4v) is 5.08. The van der Waals surface area contributed by atoms with Crippen molar-refractivity contribution in [2.75, 3.05) is 23.7 Å². The number of nitrogens with one attached hydrogen (secondary N) is 1. The third-order valence-corrected chi connectivity index (χ3v) is 7.11. The van der Waals surface area contributed by atoms with Crippen molar-refractivity contribution in [2.45, 2.75) is 64.7 Å². The van der Waals surface area contributed by atoms with Crippen molar-refractivity contribution in [3.05, 3.63) is 65.7 Å². The van der Waals surface area contributed by atoms with Gasteiger partial charge in [0, 0.05) is 25.6 Å². The number of hydrogen-bond donors (Lipinski definition) is 1. The summed E-state index contributed by atoms with van der Waals surface area (Å²) in [5.41, 5.74) is -0.0931. The smallest absolute Gasteiger partial charge is 0.352 e. The predicted octanol–water partition coefficient (Wildman–Crippen LogP) is 4.63. The zero-order chi connectivity index (χ0) is 28.5. The second-order valence-electron chi connectivity index (χ2n) is 9.40. The molecule has 2 rings (SSSR count). The number of carbonyl (C=O) groups is 2. The molecule has 2 aromatic rings. The largest absolute Gasteiger partial charge is 0.416 e. The van der Waals surface area contributed by atoms with Crippen molar-refractivity contribution in [1.29, 1.82) is 0 Å². The molecule has 1 unspecified atom stereocenters.